The first-order valence-electron chi connectivity index (χ1n) is 11.0. The first-order valence-corrected chi connectivity index (χ1v) is 11.0. The van der Waals surface area contributed by atoms with Crippen LogP contribution >= 0.6 is 0 Å². The van der Waals surface area contributed by atoms with Crippen molar-refractivity contribution in [3.05, 3.63) is 35.4 Å². The van der Waals surface area contributed by atoms with Crippen molar-refractivity contribution in [3.63, 3.8) is 0 Å². The number of hydrogen-bond donors (Lipinski definition) is 2. The molecule has 1 atom stereocenters. The van der Waals surface area contributed by atoms with Gasteiger partial charge in [0.15, 0.2) is 5.96 Å². The second kappa shape index (κ2) is 11.8. The Bertz CT molecular complexity index is 665. The molecule has 1 aromatic carbocycles. The van der Waals surface area contributed by atoms with Gasteiger partial charge in [-0.05, 0) is 69.8 Å². The highest BCUT2D eigenvalue weighted by molar-refractivity contribution is 5.94. The molecule has 0 saturated carbocycles. The van der Waals surface area contributed by atoms with E-state index in [9.17, 15) is 4.79 Å². The molecule has 1 unspecified atom stereocenters. The number of aliphatic imine (C=N–C) groups is 1. The van der Waals surface area contributed by atoms with E-state index in [4.69, 9.17) is 4.99 Å². The number of amides is 1. The van der Waals surface area contributed by atoms with Crippen LogP contribution in [0.1, 0.15) is 49.5 Å². The molecule has 0 aromatic heterocycles. The van der Waals surface area contributed by atoms with Gasteiger partial charge in [-0.1, -0.05) is 19.1 Å². The van der Waals surface area contributed by atoms with E-state index in [0.29, 0.717) is 6.04 Å². The van der Waals surface area contributed by atoms with Gasteiger partial charge in [0.25, 0.3) is 5.91 Å². The molecule has 162 valence electrons. The van der Waals surface area contributed by atoms with Crippen molar-refractivity contribution in [1.82, 2.24) is 20.4 Å². The molecule has 0 radical (unpaired) electrons. The quantitative estimate of drug-likeness (QED) is 0.519. The molecule has 0 bridgehead atoms. The van der Waals surface area contributed by atoms with Crippen molar-refractivity contribution in [2.75, 3.05) is 46.8 Å². The summed E-state index contributed by atoms with van der Waals surface area (Å²) in [5.74, 6) is 1.76. The maximum atomic E-state index is 12.1. The summed E-state index contributed by atoms with van der Waals surface area (Å²) in [6.45, 7) is 11.5. The zero-order chi connectivity index (χ0) is 21.2. The van der Waals surface area contributed by atoms with E-state index in [0.717, 1.165) is 49.1 Å². The van der Waals surface area contributed by atoms with Crippen LogP contribution in [-0.4, -0.2) is 74.5 Å². The first kappa shape index (κ1) is 23.2. The van der Waals surface area contributed by atoms with Gasteiger partial charge in [-0.25, -0.2) is 0 Å². The molecule has 0 aliphatic carbocycles. The Morgan fingerprint density at radius 3 is 2.66 bits per heavy atom. The number of rotatable bonds is 8. The minimum absolute atomic E-state index is 0.0378. The van der Waals surface area contributed by atoms with Gasteiger partial charge in [-0.2, -0.15) is 0 Å². The Hall–Kier alpha value is -2.08. The van der Waals surface area contributed by atoms with Gasteiger partial charge >= 0.3 is 0 Å². The predicted octanol–water partition coefficient (Wildman–Crippen LogP) is 2.61. The van der Waals surface area contributed by atoms with E-state index in [2.05, 4.69) is 42.4 Å². The standard InChI is InChI=1S/C23H39N5O/c1-6-24-23(26-17-19(3)28-14-11-18(2)12-15-28)25-13-10-20-8-7-9-21(16-20)22(29)27(4)5/h7-9,16,18-19H,6,10-15,17H2,1-5H3,(H2,24,25,26). The summed E-state index contributed by atoms with van der Waals surface area (Å²) < 4.78 is 0. The molecule has 1 heterocycles. The van der Waals surface area contributed by atoms with Crippen LogP contribution in [0.2, 0.25) is 0 Å². The first-order chi connectivity index (χ1) is 13.9. The summed E-state index contributed by atoms with van der Waals surface area (Å²) in [6.07, 6.45) is 3.43. The Labute approximate surface area is 176 Å². The van der Waals surface area contributed by atoms with Crippen molar-refractivity contribution < 1.29 is 4.79 Å². The third-order valence-electron chi connectivity index (χ3n) is 5.59. The smallest absolute Gasteiger partial charge is 0.253 e. The number of carbonyl (C=O) groups is 1. The van der Waals surface area contributed by atoms with Gasteiger partial charge in [-0.15, -0.1) is 0 Å². The fourth-order valence-corrected chi connectivity index (χ4v) is 3.59. The summed E-state index contributed by atoms with van der Waals surface area (Å²) in [6, 6.07) is 8.33. The highest BCUT2D eigenvalue weighted by atomic mass is 16.2. The highest BCUT2D eigenvalue weighted by Gasteiger charge is 2.20. The summed E-state index contributed by atoms with van der Waals surface area (Å²) in [4.78, 5) is 21.1. The third kappa shape index (κ3) is 7.69. The number of nitrogens with one attached hydrogen (secondary N) is 2. The lowest BCUT2D eigenvalue weighted by Crippen LogP contribution is -2.43. The molecule has 0 spiro atoms. The van der Waals surface area contributed by atoms with Crippen molar-refractivity contribution >= 4 is 11.9 Å². The molecular weight excluding hydrogens is 362 g/mol. The van der Waals surface area contributed by atoms with E-state index in [1.807, 2.05) is 18.2 Å². The van der Waals surface area contributed by atoms with E-state index in [1.54, 1.807) is 19.0 Å². The Kier molecular flexibility index (Phi) is 9.45. The summed E-state index contributed by atoms with van der Waals surface area (Å²) in [7, 11) is 3.56. The van der Waals surface area contributed by atoms with Gasteiger partial charge < -0.3 is 15.5 Å². The molecule has 1 amide bonds. The van der Waals surface area contributed by atoms with Crippen LogP contribution in [0.15, 0.2) is 29.3 Å². The Morgan fingerprint density at radius 1 is 1.28 bits per heavy atom. The largest absolute Gasteiger partial charge is 0.357 e. The molecular formula is C23H39N5O. The normalized spacial score (nSPS) is 17.1. The number of hydrogen-bond acceptors (Lipinski definition) is 3. The van der Waals surface area contributed by atoms with Crippen molar-refractivity contribution in [1.29, 1.82) is 0 Å². The van der Waals surface area contributed by atoms with Crippen LogP contribution in [0.5, 0.6) is 0 Å². The SMILES string of the molecule is CCNC(=NCC(C)N1CCC(C)CC1)NCCc1cccc(C(=O)N(C)C)c1. The number of guanidine groups is 1. The van der Waals surface area contributed by atoms with Gasteiger partial charge in [0.2, 0.25) is 0 Å². The Balaban J connectivity index is 1.85. The lowest BCUT2D eigenvalue weighted by molar-refractivity contribution is 0.0827. The average molecular weight is 402 g/mol. The number of piperidine rings is 1. The molecule has 29 heavy (non-hydrogen) atoms. The van der Waals surface area contributed by atoms with Crippen molar-refractivity contribution in [3.8, 4) is 0 Å². The summed E-state index contributed by atoms with van der Waals surface area (Å²) in [5, 5.41) is 6.77. The van der Waals surface area contributed by atoms with Crippen molar-refractivity contribution in [2.45, 2.75) is 46.1 Å². The number of carbonyl (C=O) groups excluding carboxylic acids is 1. The fraction of sp³-hybridized carbons (Fsp3) is 0.652. The second-order valence-corrected chi connectivity index (χ2v) is 8.36. The van der Waals surface area contributed by atoms with Crippen LogP contribution in [-0.2, 0) is 6.42 Å². The molecule has 2 rings (SSSR count). The van der Waals surface area contributed by atoms with Gasteiger partial charge in [0.05, 0.1) is 6.54 Å². The maximum Gasteiger partial charge on any atom is 0.253 e. The molecule has 6 nitrogen and oxygen atoms in total. The van der Waals surface area contributed by atoms with Gasteiger partial charge in [0, 0.05) is 38.8 Å². The number of nitrogens with zero attached hydrogens (tertiary/aromatic N) is 3. The van der Waals surface area contributed by atoms with E-state index >= 15 is 0 Å². The maximum absolute atomic E-state index is 12.1. The van der Waals surface area contributed by atoms with Crippen LogP contribution in [0.3, 0.4) is 0 Å². The average Bonchev–Trinajstić information content (AvgIpc) is 2.72. The molecule has 1 aliphatic heterocycles. The summed E-state index contributed by atoms with van der Waals surface area (Å²) in [5.41, 5.74) is 1.88. The van der Waals surface area contributed by atoms with Crippen LogP contribution in [0.4, 0.5) is 0 Å². The second-order valence-electron chi connectivity index (χ2n) is 8.36. The van der Waals surface area contributed by atoms with E-state index in [-0.39, 0.29) is 5.91 Å². The highest BCUT2D eigenvalue weighted by Crippen LogP contribution is 2.18. The van der Waals surface area contributed by atoms with E-state index < -0.39 is 0 Å². The summed E-state index contributed by atoms with van der Waals surface area (Å²) >= 11 is 0. The van der Waals surface area contributed by atoms with Crippen LogP contribution in [0, 0.1) is 5.92 Å². The van der Waals surface area contributed by atoms with Gasteiger partial charge in [-0.3, -0.25) is 14.7 Å². The number of benzene rings is 1. The molecule has 6 heteroatoms. The fourth-order valence-electron chi connectivity index (χ4n) is 3.59. The molecule has 1 fully saturated rings. The van der Waals surface area contributed by atoms with Crippen molar-refractivity contribution in [2.24, 2.45) is 10.9 Å². The lowest BCUT2D eigenvalue weighted by atomic mass is 9.98. The zero-order valence-electron chi connectivity index (χ0n) is 18.9. The molecule has 1 aliphatic rings. The van der Waals surface area contributed by atoms with Crippen LogP contribution < -0.4 is 10.6 Å². The molecule has 2 N–H and O–H groups in total. The van der Waals surface area contributed by atoms with Gasteiger partial charge in [0.1, 0.15) is 0 Å². The minimum Gasteiger partial charge on any atom is -0.357 e. The Morgan fingerprint density at radius 2 is 2.00 bits per heavy atom. The monoisotopic (exact) mass is 401 g/mol. The lowest BCUT2D eigenvalue weighted by Gasteiger charge is -2.34. The molecule has 1 aromatic rings. The topological polar surface area (TPSA) is 60.0 Å². The third-order valence-corrected chi connectivity index (χ3v) is 5.59. The van der Waals surface area contributed by atoms with E-state index in [1.165, 1.54) is 25.9 Å². The predicted molar refractivity (Wildman–Crippen MR) is 122 cm³/mol. The molecule has 1 saturated heterocycles. The number of likely N-dealkylation sites (tertiary alicyclic amines) is 1. The van der Waals surface area contributed by atoms with Crippen LogP contribution in [0.25, 0.3) is 0 Å². The zero-order valence-corrected chi connectivity index (χ0v) is 18.9. The minimum atomic E-state index is 0.0378.